The summed E-state index contributed by atoms with van der Waals surface area (Å²) < 4.78 is 44.9. The molecule has 28 heavy (non-hydrogen) atoms. The number of halogens is 1. The molecule has 0 aliphatic heterocycles. The molecule has 0 heterocycles. The van der Waals surface area contributed by atoms with Crippen LogP contribution in [-0.4, -0.2) is 5.78 Å². The summed E-state index contributed by atoms with van der Waals surface area (Å²) in [6.45, 7) is 0. The molecule has 0 spiro atoms. The van der Waals surface area contributed by atoms with E-state index in [2.05, 4.69) is 0 Å². The van der Waals surface area contributed by atoms with Crippen molar-refractivity contribution >= 4 is 17.4 Å². The first-order valence-corrected chi connectivity index (χ1v) is 9.90. The Morgan fingerprint density at radius 3 is 1.32 bits per heavy atom. The van der Waals surface area contributed by atoms with Gasteiger partial charge in [-0.05, 0) is 0 Å². The Hall–Kier alpha value is -2.52. The van der Waals surface area contributed by atoms with Crippen molar-refractivity contribution in [2.75, 3.05) is 0 Å². The van der Waals surface area contributed by atoms with Gasteiger partial charge in [-0.1, -0.05) is 91.0 Å². The largest absolute Gasteiger partial charge is 0.484 e. The molecule has 0 saturated carbocycles. The lowest BCUT2D eigenvalue weighted by molar-refractivity contribution is -2.00. The molecule has 0 N–H and O–H groups in total. The maximum absolute atomic E-state index is 13.3. The smallest absolute Gasteiger partial charge is 0.286 e. The first kappa shape index (κ1) is 21.8. The van der Waals surface area contributed by atoms with Gasteiger partial charge in [0.2, 0.25) is 5.78 Å². The standard InChI is InChI=1S/C20H15O2S.ClHO4/c21-19(16-10-4-1-5-11-16)20(23-22,17-12-6-2-7-13-17)18-14-8-3-9-15-18;2-1(3,4)5/h1-15H;(H,2,3,4,5)/q+1;/p-1. The van der Waals surface area contributed by atoms with Crippen molar-refractivity contribution in [2.24, 2.45) is 0 Å². The van der Waals surface area contributed by atoms with Crippen molar-refractivity contribution in [1.82, 2.24) is 0 Å². The predicted octanol–water partition coefficient (Wildman–Crippen LogP) is -0.515. The van der Waals surface area contributed by atoms with Gasteiger partial charge in [-0.15, -0.1) is 10.2 Å². The number of Topliss-reactive ketones (excluding diaryl/α,β-unsaturated/α-hetero) is 1. The Morgan fingerprint density at radius 1 is 0.679 bits per heavy atom. The van der Waals surface area contributed by atoms with Crippen molar-refractivity contribution < 1.29 is 37.9 Å². The van der Waals surface area contributed by atoms with Crippen LogP contribution in [-0.2, 0) is 20.6 Å². The lowest BCUT2D eigenvalue weighted by Gasteiger charge is -2.17. The number of hydrogen-bond donors (Lipinski definition) is 0. The zero-order valence-electron chi connectivity index (χ0n) is 14.4. The Labute approximate surface area is 167 Å². The molecule has 0 saturated heterocycles. The molecule has 3 aromatic rings. The molecule has 3 rings (SSSR count). The normalized spacial score (nSPS) is 11.1. The third-order valence-electron chi connectivity index (χ3n) is 3.84. The number of ketones is 1. The number of carbonyl (C=O) groups excluding carboxylic acids is 1. The topological polar surface area (TPSA) is 126 Å². The van der Waals surface area contributed by atoms with E-state index in [0.717, 1.165) is 0 Å². The summed E-state index contributed by atoms with van der Waals surface area (Å²) in [5.41, 5.74) is 1.92. The third kappa shape index (κ3) is 5.49. The highest BCUT2D eigenvalue weighted by molar-refractivity contribution is 7.68. The van der Waals surface area contributed by atoms with Gasteiger partial charge in [0.1, 0.15) is 0 Å². The number of carbonyl (C=O) groups is 1. The fourth-order valence-corrected chi connectivity index (χ4v) is 3.36. The highest BCUT2D eigenvalue weighted by Crippen LogP contribution is 2.35. The van der Waals surface area contributed by atoms with E-state index < -0.39 is 15.0 Å². The van der Waals surface area contributed by atoms with E-state index in [9.17, 15) is 9.00 Å². The van der Waals surface area contributed by atoms with Gasteiger partial charge in [0, 0.05) is 20.9 Å². The van der Waals surface area contributed by atoms with Gasteiger partial charge < -0.3 is 0 Å². The molecule has 0 aliphatic rings. The van der Waals surface area contributed by atoms with E-state index in [4.69, 9.17) is 18.6 Å². The first-order valence-electron chi connectivity index (χ1n) is 7.92. The fourth-order valence-electron chi connectivity index (χ4n) is 2.70. The van der Waals surface area contributed by atoms with Crippen molar-refractivity contribution in [2.45, 2.75) is 4.75 Å². The minimum atomic E-state index is -4.94. The Bertz CT molecular complexity index is 853. The van der Waals surface area contributed by atoms with Crippen LogP contribution in [0.4, 0.5) is 0 Å². The van der Waals surface area contributed by atoms with Crippen LogP contribution in [0.5, 0.6) is 0 Å². The summed E-state index contributed by atoms with van der Waals surface area (Å²) >= 11 is 0.327. The zero-order valence-corrected chi connectivity index (χ0v) is 16.0. The zero-order chi connectivity index (χ0) is 20.6. The maximum Gasteiger partial charge on any atom is 0.484 e. The van der Waals surface area contributed by atoms with Crippen molar-refractivity contribution in [1.29, 1.82) is 0 Å². The molecule has 0 fully saturated rings. The van der Waals surface area contributed by atoms with E-state index in [1.807, 2.05) is 78.9 Å². The fraction of sp³-hybridized carbons (Fsp3) is 0.0500. The summed E-state index contributed by atoms with van der Waals surface area (Å²) in [5.74, 6) is -0.199. The van der Waals surface area contributed by atoms with Crippen LogP contribution in [0.1, 0.15) is 21.5 Å². The van der Waals surface area contributed by atoms with Crippen LogP contribution in [0.15, 0.2) is 91.0 Å². The van der Waals surface area contributed by atoms with Crippen LogP contribution < -0.4 is 18.6 Å². The van der Waals surface area contributed by atoms with E-state index in [1.165, 1.54) is 0 Å². The SMILES string of the molecule is O=[S+]C(C(=O)c1ccccc1)(c1ccccc1)c1ccccc1.[O-][Cl+3]([O-])([O-])[O-]. The van der Waals surface area contributed by atoms with Crippen LogP contribution in [0, 0.1) is 10.2 Å². The summed E-state index contributed by atoms with van der Waals surface area (Å²) in [6.07, 6.45) is 0. The molecule has 0 aromatic heterocycles. The molecule has 0 atom stereocenters. The van der Waals surface area contributed by atoms with E-state index in [0.29, 0.717) is 28.4 Å². The average Bonchev–Trinajstić information content (AvgIpc) is 2.70. The Balaban J connectivity index is 0.000000500. The molecular formula is C20H15ClO6S. The molecule has 0 aliphatic carbocycles. The highest BCUT2D eigenvalue weighted by Gasteiger charge is 2.56. The second-order valence-corrected chi connectivity index (χ2v) is 7.10. The van der Waals surface area contributed by atoms with Crippen molar-refractivity contribution in [3.05, 3.63) is 108 Å². The summed E-state index contributed by atoms with van der Waals surface area (Å²) in [4.78, 5) is 13.3. The van der Waals surface area contributed by atoms with Crippen LogP contribution >= 0.6 is 0 Å². The minimum Gasteiger partial charge on any atom is -0.286 e. The van der Waals surface area contributed by atoms with Gasteiger partial charge >= 0.3 is 16.4 Å². The highest BCUT2D eigenvalue weighted by atomic mass is 35.7. The van der Waals surface area contributed by atoms with Gasteiger partial charge in [-0.3, -0.25) is 4.79 Å². The Kier molecular flexibility index (Phi) is 7.47. The quantitative estimate of drug-likeness (QED) is 0.405. The van der Waals surface area contributed by atoms with Gasteiger partial charge in [-0.2, -0.15) is 0 Å². The molecule has 6 nitrogen and oxygen atoms in total. The second-order valence-electron chi connectivity index (χ2n) is 5.57. The molecule has 144 valence electrons. The minimum absolute atomic E-state index is 0.199. The first-order chi connectivity index (χ1) is 13.3. The summed E-state index contributed by atoms with van der Waals surface area (Å²) in [6, 6.07) is 27.4. The number of rotatable bonds is 5. The maximum atomic E-state index is 13.3. The number of benzene rings is 3. The van der Waals surface area contributed by atoms with E-state index >= 15 is 0 Å². The summed E-state index contributed by atoms with van der Waals surface area (Å²) in [7, 11) is -4.94. The second kappa shape index (κ2) is 9.61. The molecule has 0 radical (unpaired) electrons. The summed E-state index contributed by atoms with van der Waals surface area (Å²) in [5, 5.41) is 0. The Morgan fingerprint density at radius 2 is 1.00 bits per heavy atom. The molecule has 0 unspecified atom stereocenters. The van der Waals surface area contributed by atoms with Crippen molar-refractivity contribution in [3.8, 4) is 0 Å². The van der Waals surface area contributed by atoms with E-state index in [-0.39, 0.29) is 5.78 Å². The molecule has 8 heteroatoms. The predicted molar refractivity (Wildman–Crippen MR) is 92.5 cm³/mol. The average molecular weight is 419 g/mol. The van der Waals surface area contributed by atoms with E-state index in [1.54, 1.807) is 12.1 Å². The monoisotopic (exact) mass is 418 g/mol. The van der Waals surface area contributed by atoms with Gasteiger partial charge in [-0.25, -0.2) is 18.6 Å². The van der Waals surface area contributed by atoms with Crippen LogP contribution in [0.3, 0.4) is 0 Å². The van der Waals surface area contributed by atoms with Gasteiger partial charge in [0.05, 0.1) is 0 Å². The number of hydrogen-bond acceptors (Lipinski definition) is 6. The lowest BCUT2D eigenvalue weighted by Crippen LogP contribution is -2.68. The molecule has 0 bridgehead atoms. The van der Waals surface area contributed by atoms with Crippen molar-refractivity contribution in [3.63, 3.8) is 0 Å². The molecular weight excluding hydrogens is 404 g/mol. The van der Waals surface area contributed by atoms with Crippen LogP contribution in [0.25, 0.3) is 0 Å². The van der Waals surface area contributed by atoms with Gasteiger partial charge in [0.15, 0.2) is 0 Å². The molecule has 3 aromatic carbocycles. The lowest BCUT2D eigenvalue weighted by atomic mass is 9.84. The van der Waals surface area contributed by atoms with Gasteiger partial charge in [0.25, 0.3) is 0 Å². The molecule has 0 amide bonds. The third-order valence-corrected chi connectivity index (χ3v) is 4.75. The van der Waals surface area contributed by atoms with Crippen LogP contribution in [0.2, 0.25) is 0 Å².